The van der Waals surface area contributed by atoms with E-state index in [1.54, 1.807) is 6.08 Å². The predicted octanol–water partition coefficient (Wildman–Crippen LogP) is 5.32. The summed E-state index contributed by atoms with van der Waals surface area (Å²) < 4.78 is 12.5. The summed E-state index contributed by atoms with van der Waals surface area (Å²) in [6.45, 7) is 9.99. The molecule has 35 heavy (non-hydrogen) atoms. The van der Waals surface area contributed by atoms with Crippen LogP contribution in [0.5, 0.6) is 0 Å². The molecule has 1 saturated heterocycles. The van der Waals surface area contributed by atoms with Crippen LogP contribution in [0.4, 0.5) is 0 Å². The van der Waals surface area contributed by atoms with Crippen LogP contribution in [0.2, 0.25) is 5.04 Å². The number of ether oxygens (including phenoxy) is 1. The van der Waals surface area contributed by atoms with Crippen molar-refractivity contribution in [2.45, 2.75) is 76.8 Å². The summed E-state index contributed by atoms with van der Waals surface area (Å²) in [6.07, 6.45) is 8.26. The summed E-state index contributed by atoms with van der Waals surface area (Å²) in [4.78, 5) is 12.1. The van der Waals surface area contributed by atoms with Crippen LogP contribution in [-0.4, -0.2) is 33.0 Å². The highest BCUT2D eigenvalue weighted by Crippen LogP contribution is 2.45. The van der Waals surface area contributed by atoms with Crippen LogP contribution in [0.3, 0.4) is 0 Å². The molecule has 0 radical (unpaired) electrons. The highest BCUT2D eigenvalue weighted by atomic mass is 28.4. The Kier molecular flexibility index (Phi) is 7.87. The van der Waals surface area contributed by atoms with Gasteiger partial charge in [-0.3, -0.25) is 0 Å². The number of hydrogen-bond donors (Lipinski definition) is 1. The maximum atomic E-state index is 12.1. The molecule has 1 aliphatic carbocycles. The van der Waals surface area contributed by atoms with Gasteiger partial charge in [-0.25, -0.2) is 4.79 Å². The largest absolute Gasteiger partial charge is 0.463 e. The third-order valence-corrected chi connectivity index (χ3v) is 12.9. The van der Waals surface area contributed by atoms with Gasteiger partial charge in [-0.15, -0.1) is 0 Å². The van der Waals surface area contributed by atoms with E-state index in [1.807, 2.05) is 6.92 Å². The van der Waals surface area contributed by atoms with Gasteiger partial charge in [0.05, 0.1) is 6.61 Å². The van der Waals surface area contributed by atoms with Crippen molar-refractivity contribution in [3.8, 4) is 0 Å². The molecule has 2 aromatic carbocycles. The van der Waals surface area contributed by atoms with E-state index in [0.29, 0.717) is 12.5 Å². The second-order valence-electron chi connectivity index (χ2n) is 11.1. The Bertz CT molecular complexity index is 975. The van der Waals surface area contributed by atoms with Crippen molar-refractivity contribution >= 4 is 24.7 Å². The van der Waals surface area contributed by atoms with Crippen LogP contribution in [0.15, 0.2) is 72.4 Å². The fourth-order valence-corrected chi connectivity index (χ4v) is 10.9. The highest BCUT2D eigenvalue weighted by molar-refractivity contribution is 6.99. The Morgan fingerprint density at radius 2 is 1.63 bits per heavy atom. The lowest BCUT2D eigenvalue weighted by Crippen LogP contribution is -2.67. The van der Waals surface area contributed by atoms with Crippen molar-refractivity contribution in [2.75, 3.05) is 13.2 Å². The molecule has 4 nitrogen and oxygen atoms in total. The Balaban J connectivity index is 1.64. The molecule has 4 rings (SSSR count). The van der Waals surface area contributed by atoms with Crippen molar-refractivity contribution in [1.82, 2.24) is 5.32 Å². The zero-order valence-corrected chi connectivity index (χ0v) is 22.8. The minimum Gasteiger partial charge on any atom is -0.463 e. The predicted molar refractivity (Wildman–Crippen MR) is 145 cm³/mol. The minimum atomic E-state index is -2.57. The lowest BCUT2D eigenvalue weighted by atomic mass is 9.79. The van der Waals surface area contributed by atoms with Gasteiger partial charge in [0.25, 0.3) is 8.32 Å². The maximum Gasteiger partial charge on any atom is 0.332 e. The smallest absolute Gasteiger partial charge is 0.332 e. The van der Waals surface area contributed by atoms with Crippen LogP contribution in [-0.2, 0) is 14.0 Å². The summed E-state index contributed by atoms with van der Waals surface area (Å²) in [6, 6.07) is 21.8. The zero-order chi connectivity index (χ0) is 24.9. The third-order valence-electron chi connectivity index (χ3n) is 7.93. The second-order valence-corrected chi connectivity index (χ2v) is 15.4. The quantitative estimate of drug-likeness (QED) is 0.323. The first-order valence-electron chi connectivity index (χ1n) is 13.2. The second kappa shape index (κ2) is 10.7. The Hall–Kier alpha value is -2.37. The number of carbonyl (C=O) groups is 1. The van der Waals surface area contributed by atoms with Crippen molar-refractivity contribution in [1.29, 1.82) is 0 Å². The standard InChI is InChI=1S/C30H41NO3Si/c1-5-33-28(32)22-25-15-13-21-30(31-25)20-12-14-24(30)23-34-35(29(2,3)4,26-16-8-6-9-17-26)27-18-10-7-11-19-27/h6-11,16-19,22,24,31H,5,12-15,20-21,23H2,1-4H3/b25-22-/t24-,30+/m1/s1. The van der Waals surface area contributed by atoms with Crippen LogP contribution in [0, 0.1) is 5.92 Å². The molecule has 1 heterocycles. The van der Waals surface area contributed by atoms with Gasteiger partial charge in [0.2, 0.25) is 0 Å². The van der Waals surface area contributed by atoms with Crippen LogP contribution >= 0.6 is 0 Å². The SMILES string of the molecule is CCOC(=O)/C=C1/CCC[C@]2(CCC[C@@H]2CO[Si](c2ccccc2)(c2ccccc2)C(C)(C)C)N1. The molecular weight excluding hydrogens is 450 g/mol. The number of hydrogen-bond acceptors (Lipinski definition) is 4. The normalized spacial score (nSPS) is 23.9. The fraction of sp³-hybridized carbons (Fsp3) is 0.500. The topological polar surface area (TPSA) is 47.6 Å². The highest BCUT2D eigenvalue weighted by Gasteiger charge is 2.52. The average Bonchev–Trinajstić information content (AvgIpc) is 3.21. The first kappa shape index (κ1) is 25.7. The molecule has 2 fully saturated rings. The van der Waals surface area contributed by atoms with Crippen LogP contribution in [0.25, 0.3) is 0 Å². The van der Waals surface area contributed by atoms with Gasteiger partial charge >= 0.3 is 5.97 Å². The first-order valence-corrected chi connectivity index (χ1v) is 15.1. The molecule has 1 saturated carbocycles. The van der Waals surface area contributed by atoms with Gasteiger partial charge in [-0.2, -0.15) is 0 Å². The van der Waals surface area contributed by atoms with E-state index in [1.165, 1.54) is 16.8 Å². The van der Waals surface area contributed by atoms with Crippen LogP contribution < -0.4 is 15.7 Å². The lowest BCUT2D eigenvalue weighted by Gasteiger charge is -2.46. The molecule has 1 N–H and O–H groups in total. The molecule has 0 aromatic heterocycles. The number of benzene rings is 2. The Morgan fingerprint density at radius 1 is 1.03 bits per heavy atom. The third kappa shape index (κ3) is 5.26. The van der Waals surface area contributed by atoms with Crippen molar-refractivity contribution < 1.29 is 14.0 Å². The number of nitrogens with one attached hydrogen (secondary N) is 1. The lowest BCUT2D eigenvalue weighted by molar-refractivity contribution is -0.137. The Morgan fingerprint density at radius 3 is 2.20 bits per heavy atom. The molecule has 0 unspecified atom stereocenters. The molecular formula is C30H41NO3Si. The minimum absolute atomic E-state index is 0.00196. The van der Waals surface area contributed by atoms with E-state index >= 15 is 0 Å². The van der Waals surface area contributed by atoms with E-state index in [2.05, 4.69) is 86.8 Å². The molecule has 5 heteroatoms. The van der Waals surface area contributed by atoms with E-state index in [0.717, 1.165) is 44.4 Å². The van der Waals surface area contributed by atoms with Crippen molar-refractivity contribution in [3.63, 3.8) is 0 Å². The number of allylic oxidation sites excluding steroid dienone is 1. The number of esters is 1. The summed E-state index contributed by atoms with van der Waals surface area (Å²) in [7, 11) is -2.57. The summed E-state index contributed by atoms with van der Waals surface area (Å²) in [5.41, 5.74) is 1.02. The van der Waals surface area contributed by atoms with Crippen LogP contribution in [0.1, 0.15) is 66.2 Å². The van der Waals surface area contributed by atoms with Gasteiger partial charge in [0, 0.05) is 29.8 Å². The molecule has 2 atom stereocenters. The van der Waals surface area contributed by atoms with Crippen molar-refractivity contribution in [3.05, 3.63) is 72.4 Å². The van der Waals surface area contributed by atoms with E-state index in [-0.39, 0.29) is 16.5 Å². The fourth-order valence-electron chi connectivity index (χ4n) is 6.34. The van der Waals surface area contributed by atoms with Gasteiger partial charge in [-0.05, 0) is 54.4 Å². The molecule has 0 bridgehead atoms. The summed E-state index contributed by atoms with van der Waals surface area (Å²) in [5.74, 6) is 0.167. The Labute approximate surface area is 212 Å². The van der Waals surface area contributed by atoms with Crippen molar-refractivity contribution in [2.24, 2.45) is 5.92 Å². The van der Waals surface area contributed by atoms with Gasteiger partial charge in [0.1, 0.15) is 0 Å². The number of carbonyl (C=O) groups excluding carboxylic acids is 1. The monoisotopic (exact) mass is 491 g/mol. The average molecular weight is 492 g/mol. The molecule has 1 aliphatic heterocycles. The van der Waals surface area contributed by atoms with Gasteiger partial charge < -0.3 is 14.5 Å². The molecule has 2 aromatic rings. The summed E-state index contributed by atoms with van der Waals surface area (Å²) in [5, 5.41) is 6.44. The van der Waals surface area contributed by atoms with Gasteiger partial charge in [-0.1, -0.05) is 87.9 Å². The molecule has 2 aliphatic rings. The number of rotatable bonds is 7. The van der Waals surface area contributed by atoms with Gasteiger partial charge in [0.15, 0.2) is 0 Å². The summed E-state index contributed by atoms with van der Waals surface area (Å²) >= 11 is 0. The van der Waals surface area contributed by atoms with E-state index in [4.69, 9.17) is 9.16 Å². The number of piperidine rings is 1. The molecule has 188 valence electrons. The molecule has 1 spiro atoms. The zero-order valence-electron chi connectivity index (χ0n) is 21.8. The van der Waals surface area contributed by atoms with E-state index < -0.39 is 8.32 Å². The maximum absolute atomic E-state index is 12.1. The molecule has 0 amide bonds. The first-order chi connectivity index (χ1) is 16.8. The van der Waals surface area contributed by atoms with E-state index in [9.17, 15) is 4.79 Å².